The fourth-order valence-corrected chi connectivity index (χ4v) is 4.73. The van der Waals surface area contributed by atoms with Gasteiger partial charge in [-0.05, 0) is 25.0 Å². The van der Waals surface area contributed by atoms with Crippen LogP contribution in [-0.2, 0) is 21.4 Å². The van der Waals surface area contributed by atoms with Gasteiger partial charge in [0.2, 0.25) is 15.9 Å². The molecule has 2 fully saturated rings. The summed E-state index contributed by atoms with van der Waals surface area (Å²) in [5, 5.41) is 0. The van der Waals surface area contributed by atoms with Gasteiger partial charge in [-0.15, -0.1) is 0 Å². The van der Waals surface area contributed by atoms with E-state index in [-0.39, 0.29) is 5.91 Å². The Kier molecular flexibility index (Phi) is 5.71. The molecule has 2 aliphatic rings. The molecule has 1 aromatic rings. The van der Waals surface area contributed by atoms with Gasteiger partial charge < -0.3 is 4.90 Å². The monoisotopic (exact) mass is 366 g/mol. The standard InChI is InChI=1S/C17H26N4O3S/c1-25(23,24)21-9-5-3-7-16(21)17(22)20-12-10-19(11-13-20)14-15-6-2-4-8-18-15/h2,4,6,8,16H,3,5,7,9-14H2,1H3. The van der Waals surface area contributed by atoms with E-state index in [2.05, 4.69) is 9.88 Å². The Morgan fingerprint density at radius 2 is 1.92 bits per heavy atom. The van der Waals surface area contributed by atoms with Crippen LogP contribution in [0.4, 0.5) is 0 Å². The minimum atomic E-state index is -3.34. The number of hydrogen-bond donors (Lipinski definition) is 0. The molecule has 0 bridgehead atoms. The lowest BCUT2D eigenvalue weighted by Gasteiger charge is -2.39. The minimum Gasteiger partial charge on any atom is -0.339 e. The summed E-state index contributed by atoms with van der Waals surface area (Å²) in [6.45, 7) is 4.08. The van der Waals surface area contributed by atoms with E-state index < -0.39 is 16.1 Å². The van der Waals surface area contributed by atoms with Gasteiger partial charge in [-0.2, -0.15) is 4.31 Å². The number of nitrogens with zero attached hydrogens (tertiary/aromatic N) is 4. The summed E-state index contributed by atoms with van der Waals surface area (Å²) >= 11 is 0. The highest BCUT2D eigenvalue weighted by Gasteiger charge is 2.37. The number of aromatic nitrogens is 1. The number of sulfonamides is 1. The molecular formula is C17H26N4O3S. The predicted octanol–water partition coefficient (Wildman–Crippen LogP) is 0.540. The maximum absolute atomic E-state index is 12.9. The second-order valence-electron chi connectivity index (χ2n) is 6.81. The topological polar surface area (TPSA) is 73.8 Å². The van der Waals surface area contributed by atoms with Crippen molar-refractivity contribution in [1.29, 1.82) is 0 Å². The average molecular weight is 366 g/mol. The summed E-state index contributed by atoms with van der Waals surface area (Å²) in [4.78, 5) is 21.3. The van der Waals surface area contributed by atoms with Crippen molar-refractivity contribution in [3.8, 4) is 0 Å². The van der Waals surface area contributed by atoms with E-state index in [0.717, 1.165) is 38.2 Å². The fourth-order valence-electron chi connectivity index (χ4n) is 3.61. The number of rotatable bonds is 4. The van der Waals surface area contributed by atoms with Crippen LogP contribution >= 0.6 is 0 Å². The van der Waals surface area contributed by atoms with Gasteiger partial charge in [-0.3, -0.25) is 14.7 Å². The highest BCUT2D eigenvalue weighted by atomic mass is 32.2. The highest BCUT2D eigenvalue weighted by molar-refractivity contribution is 7.88. The molecule has 3 heterocycles. The molecule has 1 unspecified atom stereocenters. The van der Waals surface area contributed by atoms with E-state index in [1.54, 1.807) is 6.20 Å². The third-order valence-electron chi connectivity index (χ3n) is 4.96. The molecule has 138 valence electrons. The molecule has 1 aromatic heterocycles. The van der Waals surface area contributed by atoms with Gasteiger partial charge in [0.15, 0.2) is 0 Å². The second kappa shape index (κ2) is 7.80. The summed E-state index contributed by atoms with van der Waals surface area (Å²) in [6, 6.07) is 5.36. The molecule has 25 heavy (non-hydrogen) atoms. The van der Waals surface area contributed by atoms with Crippen LogP contribution in [0.2, 0.25) is 0 Å². The first-order valence-electron chi connectivity index (χ1n) is 8.83. The van der Waals surface area contributed by atoms with Crippen LogP contribution in [0.3, 0.4) is 0 Å². The van der Waals surface area contributed by atoms with Crippen LogP contribution in [-0.4, -0.2) is 78.4 Å². The number of amides is 1. The molecule has 0 saturated carbocycles. The van der Waals surface area contributed by atoms with Gasteiger partial charge in [0.25, 0.3) is 0 Å². The Labute approximate surface area is 149 Å². The number of carbonyl (C=O) groups excluding carboxylic acids is 1. The van der Waals surface area contributed by atoms with Crippen LogP contribution in [0, 0.1) is 0 Å². The molecule has 0 N–H and O–H groups in total. The first kappa shape index (κ1) is 18.3. The Morgan fingerprint density at radius 3 is 2.56 bits per heavy atom. The van der Waals surface area contributed by atoms with Crippen molar-refractivity contribution < 1.29 is 13.2 Å². The Bertz CT molecular complexity index is 687. The summed E-state index contributed by atoms with van der Waals surface area (Å²) in [6.07, 6.45) is 5.35. The lowest BCUT2D eigenvalue weighted by molar-refractivity contribution is -0.138. The molecule has 0 radical (unpaired) electrons. The molecule has 2 aliphatic heterocycles. The molecule has 0 spiro atoms. The Balaban J connectivity index is 1.57. The van der Waals surface area contributed by atoms with Crippen molar-refractivity contribution in [1.82, 2.24) is 19.1 Å². The maximum Gasteiger partial charge on any atom is 0.241 e. The SMILES string of the molecule is CS(=O)(=O)N1CCCCC1C(=O)N1CCN(Cc2ccccn2)CC1. The molecule has 3 rings (SSSR count). The first-order valence-corrected chi connectivity index (χ1v) is 10.7. The molecule has 2 saturated heterocycles. The van der Waals surface area contributed by atoms with E-state index in [9.17, 15) is 13.2 Å². The number of pyridine rings is 1. The molecule has 1 atom stereocenters. The lowest BCUT2D eigenvalue weighted by atomic mass is 10.0. The molecular weight excluding hydrogens is 340 g/mol. The van der Waals surface area contributed by atoms with Crippen molar-refractivity contribution in [2.45, 2.75) is 31.8 Å². The van der Waals surface area contributed by atoms with Crippen LogP contribution in [0.1, 0.15) is 25.0 Å². The fraction of sp³-hybridized carbons (Fsp3) is 0.647. The Morgan fingerprint density at radius 1 is 1.16 bits per heavy atom. The zero-order valence-corrected chi connectivity index (χ0v) is 15.5. The van der Waals surface area contributed by atoms with Crippen LogP contribution < -0.4 is 0 Å². The van der Waals surface area contributed by atoms with Gasteiger partial charge >= 0.3 is 0 Å². The largest absolute Gasteiger partial charge is 0.339 e. The molecule has 0 aliphatic carbocycles. The third-order valence-corrected chi connectivity index (χ3v) is 6.25. The van der Waals surface area contributed by atoms with Crippen molar-refractivity contribution in [2.75, 3.05) is 39.0 Å². The van der Waals surface area contributed by atoms with Crippen molar-refractivity contribution in [3.05, 3.63) is 30.1 Å². The summed E-state index contributed by atoms with van der Waals surface area (Å²) in [7, 11) is -3.34. The van der Waals surface area contributed by atoms with E-state index in [0.29, 0.717) is 26.1 Å². The number of piperazine rings is 1. The summed E-state index contributed by atoms with van der Waals surface area (Å²) in [5.41, 5.74) is 1.03. The minimum absolute atomic E-state index is 0.0392. The van der Waals surface area contributed by atoms with E-state index in [1.807, 2.05) is 23.1 Å². The number of carbonyl (C=O) groups is 1. The van der Waals surface area contributed by atoms with Gasteiger partial charge in [-0.25, -0.2) is 8.42 Å². The second-order valence-corrected chi connectivity index (χ2v) is 8.74. The van der Waals surface area contributed by atoms with Crippen LogP contribution in [0.25, 0.3) is 0 Å². The van der Waals surface area contributed by atoms with Gasteiger partial charge in [0, 0.05) is 45.5 Å². The molecule has 0 aromatic carbocycles. The van der Waals surface area contributed by atoms with Gasteiger partial charge in [0.1, 0.15) is 6.04 Å². The lowest BCUT2D eigenvalue weighted by Crippen LogP contribution is -2.56. The van der Waals surface area contributed by atoms with E-state index in [4.69, 9.17) is 0 Å². The van der Waals surface area contributed by atoms with Crippen molar-refractivity contribution >= 4 is 15.9 Å². The molecule has 1 amide bonds. The van der Waals surface area contributed by atoms with Crippen LogP contribution in [0.15, 0.2) is 24.4 Å². The quantitative estimate of drug-likeness (QED) is 0.778. The first-order chi connectivity index (χ1) is 11.9. The highest BCUT2D eigenvalue weighted by Crippen LogP contribution is 2.22. The number of piperidine rings is 1. The van der Waals surface area contributed by atoms with Gasteiger partial charge in [-0.1, -0.05) is 12.5 Å². The van der Waals surface area contributed by atoms with Gasteiger partial charge in [0.05, 0.1) is 11.9 Å². The number of hydrogen-bond acceptors (Lipinski definition) is 5. The van der Waals surface area contributed by atoms with E-state index in [1.165, 1.54) is 10.6 Å². The van der Waals surface area contributed by atoms with Crippen LogP contribution in [0.5, 0.6) is 0 Å². The molecule has 8 heteroatoms. The molecule has 7 nitrogen and oxygen atoms in total. The average Bonchev–Trinajstić information content (AvgIpc) is 2.62. The van der Waals surface area contributed by atoms with E-state index >= 15 is 0 Å². The predicted molar refractivity (Wildman–Crippen MR) is 95.3 cm³/mol. The normalized spacial score (nSPS) is 23.6. The third kappa shape index (κ3) is 4.56. The zero-order chi connectivity index (χ0) is 17.9. The smallest absolute Gasteiger partial charge is 0.241 e. The van der Waals surface area contributed by atoms with Crippen molar-refractivity contribution in [2.24, 2.45) is 0 Å². The van der Waals surface area contributed by atoms with Crippen molar-refractivity contribution in [3.63, 3.8) is 0 Å². The summed E-state index contributed by atoms with van der Waals surface area (Å²) in [5.74, 6) is -0.0392. The Hall–Kier alpha value is -1.51. The maximum atomic E-state index is 12.9. The summed E-state index contributed by atoms with van der Waals surface area (Å²) < 4.78 is 25.3. The zero-order valence-electron chi connectivity index (χ0n) is 14.7.